The van der Waals surface area contributed by atoms with Crippen LogP contribution in [0.5, 0.6) is 0 Å². The van der Waals surface area contributed by atoms with Crippen LogP contribution in [0, 0.1) is 0 Å². The van der Waals surface area contributed by atoms with E-state index in [1.807, 2.05) is 0 Å². The van der Waals surface area contributed by atoms with Crippen LogP contribution in [0.15, 0.2) is 249 Å². The first-order valence-electron chi connectivity index (χ1n) is 23.0. The van der Waals surface area contributed by atoms with Gasteiger partial charge in [0, 0.05) is 17.1 Å². The lowest BCUT2D eigenvalue weighted by molar-refractivity contribution is 0.795. The van der Waals surface area contributed by atoms with Crippen molar-refractivity contribution in [3.8, 4) is 44.5 Å². The second-order valence-corrected chi connectivity index (χ2v) is 18.0. The van der Waals surface area contributed by atoms with Gasteiger partial charge in [0.25, 0.3) is 0 Å². The van der Waals surface area contributed by atoms with Gasteiger partial charge in [-0.2, -0.15) is 0 Å². The molecule has 0 heterocycles. The van der Waals surface area contributed by atoms with Gasteiger partial charge in [-0.1, -0.05) is 194 Å². The van der Waals surface area contributed by atoms with E-state index in [0.717, 1.165) is 17.1 Å². The van der Waals surface area contributed by atoms with Crippen molar-refractivity contribution in [1.82, 2.24) is 0 Å². The molecule has 0 aromatic heterocycles. The quantitative estimate of drug-likeness (QED) is 0.156. The summed E-state index contributed by atoms with van der Waals surface area (Å²) >= 11 is 0. The van der Waals surface area contributed by atoms with Crippen molar-refractivity contribution in [2.24, 2.45) is 0 Å². The summed E-state index contributed by atoms with van der Waals surface area (Å²) in [5, 5.41) is 10.3. The SMILES string of the molecule is c1ccc(-c2ccc(N(c3ccc(-c4ccc5ccccc5c4)cc3)c3ccc4c(c3)C3(c5ccccc5-4)c4ccccc4-c4cc5c6ccccc6c6ccccc6c5cc43)cc2)cc1. The number of hydrogen-bond acceptors (Lipinski definition) is 1. The van der Waals surface area contributed by atoms with Crippen molar-refractivity contribution in [3.05, 3.63) is 271 Å². The largest absolute Gasteiger partial charge is 0.310 e. The Morgan fingerprint density at radius 1 is 0.227 bits per heavy atom. The summed E-state index contributed by atoms with van der Waals surface area (Å²) in [6, 6.07) is 92.7. The minimum Gasteiger partial charge on any atom is -0.310 e. The third kappa shape index (κ3) is 5.29. The number of hydrogen-bond donors (Lipinski definition) is 0. The van der Waals surface area contributed by atoms with E-state index in [2.05, 4.69) is 254 Å². The molecule has 0 radical (unpaired) electrons. The Balaban J connectivity index is 1.00. The average molecular weight is 836 g/mol. The molecule has 2 aliphatic carbocycles. The van der Waals surface area contributed by atoms with Crippen molar-refractivity contribution in [1.29, 1.82) is 0 Å². The van der Waals surface area contributed by atoms with Crippen LogP contribution in [-0.4, -0.2) is 0 Å². The van der Waals surface area contributed by atoms with Gasteiger partial charge in [-0.3, -0.25) is 0 Å². The van der Waals surface area contributed by atoms with Crippen LogP contribution in [0.3, 0.4) is 0 Å². The summed E-state index contributed by atoms with van der Waals surface area (Å²) < 4.78 is 0. The molecular weight excluding hydrogens is 795 g/mol. The van der Waals surface area contributed by atoms with Crippen LogP contribution < -0.4 is 4.90 Å². The highest BCUT2D eigenvalue weighted by atomic mass is 15.1. The van der Waals surface area contributed by atoms with E-state index < -0.39 is 5.41 Å². The van der Waals surface area contributed by atoms with Crippen molar-refractivity contribution >= 4 is 60.2 Å². The molecule has 2 aliphatic rings. The van der Waals surface area contributed by atoms with Gasteiger partial charge in [-0.15, -0.1) is 0 Å². The Morgan fingerprint density at radius 2 is 0.667 bits per heavy atom. The van der Waals surface area contributed by atoms with Gasteiger partial charge in [0.05, 0.1) is 5.41 Å². The Kier molecular flexibility index (Phi) is 7.97. The standard InChI is InChI=1S/C65H41N/c1-2-14-42(15-3-1)44-28-32-48(33-29-44)66(49-34-30-45(31-35-49)47-27-26-43-16-4-5-17-46(43)38-47)50-36-37-57-55-22-10-12-24-61(55)65(63(57)39-50)62-25-13-11-23-56(62)60-40-58-53-20-8-6-18-51(53)52-19-7-9-21-54(52)59(58)41-64(60)65/h1-41H. The molecule has 1 spiro atoms. The fourth-order valence-electron chi connectivity index (χ4n) is 11.7. The summed E-state index contributed by atoms with van der Waals surface area (Å²) in [6.07, 6.45) is 0. The summed E-state index contributed by atoms with van der Waals surface area (Å²) in [5.74, 6) is 0. The van der Waals surface area contributed by atoms with Crippen molar-refractivity contribution in [2.45, 2.75) is 5.41 Å². The van der Waals surface area contributed by atoms with Gasteiger partial charge in [-0.25, -0.2) is 0 Å². The fraction of sp³-hybridized carbons (Fsp3) is 0.0154. The molecule has 66 heavy (non-hydrogen) atoms. The fourth-order valence-corrected chi connectivity index (χ4v) is 11.7. The third-order valence-electron chi connectivity index (χ3n) is 14.6. The van der Waals surface area contributed by atoms with Crippen molar-refractivity contribution in [2.75, 3.05) is 4.90 Å². The number of fused-ring (bicyclic) bond motifs is 17. The van der Waals surface area contributed by atoms with Crippen LogP contribution in [0.4, 0.5) is 17.1 Å². The molecule has 0 amide bonds. The summed E-state index contributed by atoms with van der Waals surface area (Å²) in [7, 11) is 0. The highest BCUT2D eigenvalue weighted by molar-refractivity contribution is 6.26. The molecule has 1 unspecified atom stereocenters. The second-order valence-electron chi connectivity index (χ2n) is 18.0. The monoisotopic (exact) mass is 835 g/mol. The molecule has 14 rings (SSSR count). The second kappa shape index (κ2) is 14.2. The number of nitrogens with zero attached hydrogens (tertiary/aromatic N) is 1. The molecule has 0 saturated heterocycles. The average Bonchev–Trinajstić information content (AvgIpc) is 3.85. The number of anilines is 3. The van der Waals surface area contributed by atoms with Gasteiger partial charge < -0.3 is 4.90 Å². The van der Waals surface area contributed by atoms with Crippen LogP contribution in [0.25, 0.3) is 87.6 Å². The summed E-state index contributed by atoms with van der Waals surface area (Å²) in [6.45, 7) is 0. The van der Waals surface area contributed by atoms with Gasteiger partial charge in [0.1, 0.15) is 0 Å². The van der Waals surface area contributed by atoms with E-state index in [4.69, 9.17) is 0 Å². The van der Waals surface area contributed by atoms with Crippen LogP contribution in [0.2, 0.25) is 0 Å². The topological polar surface area (TPSA) is 3.24 Å². The summed E-state index contributed by atoms with van der Waals surface area (Å²) in [5.41, 5.74) is 18.1. The minimum absolute atomic E-state index is 0.530. The van der Waals surface area contributed by atoms with Gasteiger partial charge in [-0.05, 0) is 164 Å². The molecule has 1 nitrogen and oxygen atoms in total. The Labute approximate surface area is 384 Å². The van der Waals surface area contributed by atoms with Crippen LogP contribution >= 0.6 is 0 Å². The van der Waals surface area contributed by atoms with E-state index >= 15 is 0 Å². The smallest absolute Gasteiger partial charge is 0.0726 e. The highest BCUT2D eigenvalue weighted by Gasteiger charge is 2.52. The molecule has 0 aliphatic heterocycles. The molecule has 1 atom stereocenters. The minimum atomic E-state index is -0.530. The first-order chi connectivity index (χ1) is 32.7. The molecule has 12 aromatic rings. The predicted octanol–water partition coefficient (Wildman–Crippen LogP) is 17.4. The number of benzene rings is 12. The van der Waals surface area contributed by atoms with Gasteiger partial charge in [0.2, 0.25) is 0 Å². The lowest BCUT2D eigenvalue weighted by Gasteiger charge is -2.32. The molecule has 0 fully saturated rings. The maximum absolute atomic E-state index is 2.56. The van der Waals surface area contributed by atoms with Crippen molar-refractivity contribution in [3.63, 3.8) is 0 Å². The third-order valence-corrected chi connectivity index (χ3v) is 14.6. The Hall–Kier alpha value is -8.52. The predicted molar refractivity (Wildman–Crippen MR) is 278 cm³/mol. The molecule has 0 saturated carbocycles. The molecule has 0 N–H and O–H groups in total. The van der Waals surface area contributed by atoms with Gasteiger partial charge in [0.15, 0.2) is 0 Å². The maximum atomic E-state index is 2.56. The van der Waals surface area contributed by atoms with E-state index in [1.165, 1.54) is 110 Å². The lowest BCUT2D eigenvalue weighted by atomic mass is 9.70. The highest BCUT2D eigenvalue weighted by Crippen LogP contribution is 2.64. The Bertz CT molecular complexity index is 3920. The zero-order valence-corrected chi connectivity index (χ0v) is 36.1. The normalized spacial score (nSPS) is 14.4. The van der Waals surface area contributed by atoms with E-state index in [0.29, 0.717) is 0 Å². The molecule has 1 heteroatoms. The lowest BCUT2D eigenvalue weighted by Crippen LogP contribution is -2.26. The van der Waals surface area contributed by atoms with E-state index in [1.54, 1.807) is 0 Å². The first kappa shape index (κ1) is 36.9. The van der Waals surface area contributed by atoms with E-state index in [9.17, 15) is 0 Å². The Morgan fingerprint density at radius 3 is 1.32 bits per heavy atom. The molecular formula is C65H41N. The molecule has 12 aromatic carbocycles. The van der Waals surface area contributed by atoms with Crippen LogP contribution in [0.1, 0.15) is 22.3 Å². The molecule has 306 valence electrons. The zero-order chi connectivity index (χ0) is 43.3. The number of rotatable bonds is 5. The molecule has 0 bridgehead atoms. The van der Waals surface area contributed by atoms with Crippen LogP contribution in [-0.2, 0) is 5.41 Å². The maximum Gasteiger partial charge on any atom is 0.0726 e. The first-order valence-corrected chi connectivity index (χ1v) is 23.0. The zero-order valence-electron chi connectivity index (χ0n) is 36.1. The summed E-state index contributed by atoms with van der Waals surface area (Å²) in [4.78, 5) is 2.44. The van der Waals surface area contributed by atoms with E-state index in [-0.39, 0.29) is 0 Å². The van der Waals surface area contributed by atoms with Gasteiger partial charge >= 0.3 is 0 Å². The van der Waals surface area contributed by atoms with Crippen molar-refractivity contribution < 1.29 is 0 Å².